The van der Waals surface area contributed by atoms with E-state index in [1.54, 1.807) is 0 Å². The second-order valence-corrected chi connectivity index (χ2v) is 3.98. The van der Waals surface area contributed by atoms with E-state index in [9.17, 15) is 5.26 Å². The largest absolute Gasteiger partial charge is 0.396 e. The van der Waals surface area contributed by atoms with Gasteiger partial charge in [0.25, 0.3) is 0 Å². The van der Waals surface area contributed by atoms with Crippen molar-refractivity contribution in [2.75, 3.05) is 6.61 Å². The van der Waals surface area contributed by atoms with Crippen LogP contribution in [0.4, 0.5) is 0 Å². The Kier molecular flexibility index (Phi) is 2.05. The lowest BCUT2D eigenvalue weighted by Crippen LogP contribution is -2.10. The van der Waals surface area contributed by atoms with Crippen LogP contribution in [0.15, 0.2) is 24.3 Å². The predicted molar refractivity (Wildman–Crippen MR) is 53.7 cm³/mol. The molecule has 1 saturated carbocycles. The molecule has 2 heteroatoms. The van der Waals surface area contributed by atoms with Gasteiger partial charge in [-0.25, -0.2) is 0 Å². The molecule has 14 heavy (non-hydrogen) atoms. The van der Waals surface area contributed by atoms with Crippen LogP contribution in [-0.4, -0.2) is 11.7 Å². The molecule has 0 bridgehead atoms. The third kappa shape index (κ3) is 1.13. The highest BCUT2D eigenvalue weighted by Gasteiger charge is 2.56. The van der Waals surface area contributed by atoms with Crippen molar-refractivity contribution in [2.45, 2.75) is 18.8 Å². The third-order valence-electron chi connectivity index (χ3n) is 3.15. The average molecular weight is 187 g/mol. The van der Waals surface area contributed by atoms with E-state index in [-0.39, 0.29) is 12.5 Å². The van der Waals surface area contributed by atoms with Gasteiger partial charge in [0.2, 0.25) is 0 Å². The van der Waals surface area contributed by atoms with Crippen LogP contribution in [0.3, 0.4) is 0 Å². The standard InChI is InChI=1S/C12H13NO/c1-9-4-2-3-5-11(9)12(8-13)6-10(12)7-14/h2-5,10,14H,6-7H2,1H3. The molecule has 1 fully saturated rings. The number of rotatable bonds is 2. The van der Waals surface area contributed by atoms with Crippen molar-refractivity contribution in [3.05, 3.63) is 35.4 Å². The fraction of sp³-hybridized carbons (Fsp3) is 0.417. The first-order valence-electron chi connectivity index (χ1n) is 4.83. The lowest BCUT2D eigenvalue weighted by atomic mass is 9.91. The fourth-order valence-corrected chi connectivity index (χ4v) is 2.15. The lowest BCUT2D eigenvalue weighted by Gasteiger charge is -2.11. The Bertz CT molecular complexity index is 394. The maximum atomic E-state index is 9.17. The Labute approximate surface area is 83.8 Å². The van der Waals surface area contributed by atoms with Crippen LogP contribution in [-0.2, 0) is 5.41 Å². The molecule has 1 aliphatic carbocycles. The minimum Gasteiger partial charge on any atom is -0.396 e. The SMILES string of the molecule is Cc1ccccc1C1(C#N)CC1CO. The van der Waals surface area contributed by atoms with E-state index >= 15 is 0 Å². The van der Waals surface area contributed by atoms with Crippen molar-refractivity contribution in [1.82, 2.24) is 0 Å². The number of hydrogen-bond donors (Lipinski definition) is 1. The highest BCUT2D eigenvalue weighted by molar-refractivity contribution is 5.45. The summed E-state index contributed by atoms with van der Waals surface area (Å²) in [6, 6.07) is 10.3. The smallest absolute Gasteiger partial charge is 0.0879 e. The molecule has 1 aliphatic rings. The first-order chi connectivity index (χ1) is 6.74. The van der Waals surface area contributed by atoms with Crippen molar-refractivity contribution >= 4 is 0 Å². The van der Waals surface area contributed by atoms with E-state index in [2.05, 4.69) is 6.07 Å². The maximum absolute atomic E-state index is 9.17. The first-order valence-corrected chi connectivity index (χ1v) is 4.83. The van der Waals surface area contributed by atoms with Crippen LogP contribution >= 0.6 is 0 Å². The van der Waals surface area contributed by atoms with Crippen LogP contribution in [0.5, 0.6) is 0 Å². The summed E-state index contributed by atoms with van der Waals surface area (Å²) in [5.41, 5.74) is 1.83. The Morgan fingerprint density at radius 3 is 2.79 bits per heavy atom. The summed E-state index contributed by atoms with van der Waals surface area (Å²) in [7, 11) is 0. The van der Waals surface area contributed by atoms with Crippen LogP contribution < -0.4 is 0 Å². The second kappa shape index (κ2) is 3.11. The lowest BCUT2D eigenvalue weighted by molar-refractivity contribution is 0.269. The Morgan fingerprint density at radius 2 is 2.29 bits per heavy atom. The molecule has 1 aromatic rings. The van der Waals surface area contributed by atoms with Gasteiger partial charge < -0.3 is 5.11 Å². The van der Waals surface area contributed by atoms with Gasteiger partial charge in [-0.3, -0.25) is 0 Å². The number of benzene rings is 1. The zero-order valence-electron chi connectivity index (χ0n) is 8.20. The molecule has 2 rings (SSSR count). The molecule has 0 aliphatic heterocycles. The van der Waals surface area contributed by atoms with Crippen molar-refractivity contribution in [2.24, 2.45) is 5.92 Å². The topological polar surface area (TPSA) is 44.0 Å². The number of nitriles is 1. The Balaban J connectivity index is 2.41. The normalized spacial score (nSPS) is 29.6. The first kappa shape index (κ1) is 9.23. The molecule has 0 radical (unpaired) electrons. The molecule has 0 aromatic heterocycles. The quantitative estimate of drug-likeness (QED) is 0.766. The molecule has 2 unspecified atom stereocenters. The minimum atomic E-state index is -0.403. The van der Waals surface area contributed by atoms with Gasteiger partial charge >= 0.3 is 0 Å². The van der Waals surface area contributed by atoms with E-state index in [4.69, 9.17) is 5.11 Å². The molecule has 0 spiro atoms. The van der Waals surface area contributed by atoms with Gasteiger partial charge in [-0.05, 0) is 24.5 Å². The zero-order chi connectivity index (χ0) is 10.2. The fourth-order valence-electron chi connectivity index (χ4n) is 2.15. The molecule has 0 heterocycles. The number of aliphatic hydroxyl groups is 1. The summed E-state index contributed by atoms with van der Waals surface area (Å²) in [4.78, 5) is 0. The number of aryl methyl sites for hydroxylation is 1. The molecule has 72 valence electrons. The van der Waals surface area contributed by atoms with E-state index in [0.29, 0.717) is 0 Å². The van der Waals surface area contributed by atoms with Gasteiger partial charge in [0.1, 0.15) is 0 Å². The monoisotopic (exact) mass is 187 g/mol. The van der Waals surface area contributed by atoms with Gasteiger partial charge in [-0.2, -0.15) is 5.26 Å². The summed E-state index contributed by atoms with van der Waals surface area (Å²) in [6.45, 7) is 2.13. The van der Waals surface area contributed by atoms with Crippen molar-refractivity contribution in [3.63, 3.8) is 0 Å². The van der Waals surface area contributed by atoms with Gasteiger partial charge in [0.15, 0.2) is 0 Å². The van der Waals surface area contributed by atoms with E-state index in [1.807, 2.05) is 31.2 Å². The summed E-state index contributed by atoms with van der Waals surface area (Å²) in [5.74, 6) is 0.133. The van der Waals surface area contributed by atoms with Gasteiger partial charge in [0, 0.05) is 12.5 Å². The van der Waals surface area contributed by atoms with Crippen LogP contribution in [0.1, 0.15) is 17.5 Å². The average Bonchev–Trinajstić information content (AvgIpc) is 2.93. The predicted octanol–water partition coefficient (Wildman–Crippen LogP) is 1.77. The molecule has 0 saturated heterocycles. The maximum Gasteiger partial charge on any atom is 0.0879 e. The van der Waals surface area contributed by atoms with E-state index in [0.717, 1.165) is 17.5 Å². The minimum absolute atomic E-state index is 0.113. The molecule has 0 amide bonds. The molecular weight excluding hydrogens is 174 g/mol. The molecule has 1 aromatic carbocycles. The van der Waals surface area contributed by atoms with E-state index in [1.165, 1.54) is 0 Å². The number of aliphatic hydroxyl groups excluding tert-OH is 1. The molecule has 2 nitrogen and oxygen atoms in total. The Hall–Kier alpha value is -1.33. The highest BCUT2D eigenvalue weighted by Crippen LogP contribution is 2.54. The highest BCUT2D eigenvalue weighted by atomic mass is 16.3. The van der Waals surface area contributed by atoms with Crippen LogP contribution in [0, 0.1) is 24.2 Å². The molecule has 1 N–H and O–H groups in total. The third-order valence-corrected chi connectivity index (χ3v) is 3.15. The second-order valence-electron chi connectivity index (χ2n) is 3.98. The van der Waals surface area contributed by atoms with Gasteiger partial charge in [0.05, 0.1) is 11.5 Å². The molecular formula is C12H13NO. The molecule has 2 atom stereocenters. The summed E-state index contributed by atoms with van der Waals surface area (Å²) >= 11 is 0. The van der Waals surface area contributed by atoms with Crippen molar-refractivity contribution < 1.29 is 5.11 Å². The zero-order valence-corrected chi connectivity index (χ0v) is 8.20. The number of hydrogen-bond acceptors (Lipinski definition) is 2. The van der Waals surface area contributed by atoms with E-state index < -0.39 is 5.41 Å². The van der Waals surface area contributed by atoms with Gasteiger partial charge in [-0.15, -0.1) is 0 Å². The number of nitrogens with zero attached hydrogens (tertiary/aromatic N) is 1. The summed E-state index contributed by atoms with van der Waals surface area (Å²) in [6.07, 6.45) is 0.796. The van der Waals surface area contributed by atoms with Gasteiger partial charge in [-0.1, -0.05) is 24.3 Å². The Morgan fingerprint density at radius 1 is 1.57 bits per heavy atom. The summed E-state index contributed by atoms with van der Waals surface area (Å²) < 4.78 is 0. The summed E-state index contributed by atoms with van der Waals surface area (Å²) in [5, 5.41) is 18.2. The van der Waals surface area contributed by atoms with Crippen LogP contribution in [0.25, 0.3) is 0 Å². The van der Waals surface area contributed by atoms with Crippen molar-refractivity contribution in [3.8, 4) is 6.07 Å². The van der Waals surface area contributed by atoms with Crippen LogP contribution in [0.2, 0.25) is 0 Å². The van der Waals surface area contributed by atoms with Crippen molar-refractivity contribution in [1.29, 1.82) is 5.26 Å².